The zero-order valence-corrected chi connectivity index (χ0v) is 21.3. The molecule has 196 valence electrons. The lowest BCUT2D eigenvalue weighted by Crippen LogP contribution is -2.54. The Kier molecular flexibility index (Phi) is 6.24. The van der Waals surface area contributed by atoms with Crippen LogP contribution in [0.1, 0.15) is 71.6 Å². The Bertz CT molecular complexity index is 1050. The summed E-state index contributed by atoms with van der Waals surface area (Å²) in [6, 6.07) is -1.02. The third-order valence-electron chi connectivity index (χ3n) is 10.6. The number of oxime groups is 1. The second-order valence-corrected chi connectivity index (χ2v) is 12.1. The van der Waals surface area contributed by atoms with Gasteiger partial charge in [0.15, 0.2) is 6.61 Å². The van der Waals surface area contributed by atoms with Crippen molar-refractivity contribution in [1.29, 1.82) is 0 Å². The molecule has 1 amide bonds. The number of aliphatic hydroxyl groups is 2. The van der Waals surface area contributed by atoms with E-state index in [4.69, 9.17) is 11.3 Å². The largest absolute Gasteiger partial charge is 0.480 e. The number of nitrogens with zero attached hydrogens (tertiary/aromatic N) is 2. The molecule has 0 spiro atoms. The fourth-order valence-corrected chi connectivity index (χ4v) is 8.47. The van der Waals surface area contributed by atoms with E-state index in [1.54, 1.807) is 0 Å². The molecule has 3 N–H and O–H groups in total. The number of amides is 1. The number of β-amino-alcohol motifs (C(OH)–C–C–N with tert-alkyl or cyclic N) is 1. The molecule has 0 aromatic rings. The van der Waals surface area contributed by atoms with Gasteiger partial charge in [-0.15, -0.1) is 6.42 Å². The second-order valence-electron chi connectivity index (χ2n) is 12.1. The summed E-state index contributed by atoms with van der Waals surface area (Å²) in [5, 5.41) is 34.5. The highest BCUT2D eigenvalue weighted by atomic mass is 16.6. The highest BCUT2D eigenvalue weighted by Crippen LogP contribution is 2.67. The normalized spacial score (nSPS) is 44.8. The molecule has 5 rings (SSSR count). The molecule has 0 radical (unpaired) electrons. The van der Waals surface area contributed by atoms with Crippen LogP contribution in [0.2, 0.25) is 0 Å². The maximum Gasteiger partial charge on any atom is 0.326 e. The van der Waals surface area contributed by atoms with Gasteiger partial charge in [0.05, 0.1) is 11.8 Å². The molecule has 8 nitrogen and oxygen atoms in total. The van der Waals surface area contributed by atoms with Crippen molar-refractivity contribution in [3.63, 3.8) is 0 Å². The Balaban J connectivity index is 1.25. The number of hydrogen-bond donors (Lipinski definition) is 3. The number of aliphatic hydroxyl groups excluding tert-OH is 1. The van der Waals surface area contributed by atoms with Crippen LogP contribution >= 0.6 is 0 Å². The Morgan fingerprint density at radius 1 is 1.19 bits per heavy atom. The van der Waals surface area contributed by atoms with Crippen LogP contribution in [0.4, 0.5) is 0 Å². The number of rotatable bonds is 4. The third kappa shape index (κ3) is 3.78. The number of aliphatic carboxylic acids is 1. The summed E-state index contributed by atoms with van der Waals surface area (Å²) in [5.41, 5.74) is 1.11. The lowest BCUT2D eigenvalue weighted by atomic mass is 9.46. The van der Waals surface area contributed by atoms with Crippen LogP contribution in [0.25, 0.3) is 0 Å². The van der Waals surface area contributed by atoms with Gasteiger partial charge in [-0.2, -0.15) is 0 Å². The lowest BCUT2D eigenvalue weighted by Gasteiger charge is -2.58. The molecule has 0 unspecified atom stereocenters. The molecule has 1 aliphatic heterocycles. The van der Waals surface area contributed by atoms with E-state index in [1.807, 2.05) is 0 Å². The summed E-state index contributed by atoms with van der Waals surface area (Å²) >= 11 is 0. The van der Waals surface area contributed by atoms with Gasteiger partial charge in [-0.25, -0.2) is 4.79 Å². The molecule has 36 heavy (non-hydrogen) atoms. The van der Waals surface area contributed by atoms with Crippen LogP contribution in [-0.2, 0) is 14.4 Å². The smallest absolute Gasteiger partial charge is 0.326 e. The topological polar surface area (TPSA) is 120 Å². The Hall–Kier alpha value is -2.37. The van der Waals surface area contributed by atoms with Gasteiger partial charge in [-0.1, -0.05) is 30.5 Å². The fraction of sp³-hybridized carbons (Fsp3) is 0.750. The molecular formula is C28H38N2O6. The van der Waals surface area contributed by atoms with Gasteiger partial charge < -0.3 is 25.1 Å². The lowest BCUT2D eigenvalue weighted by molar-refractivity contribution is -0.150. The molecule has 4 fully saturated rings. The van der Waals surface area contributed by atoms with Gasteiger partial charge in [-0.05, 0) is 80.6 Å². The van der Waals surface area contributed by atoms with Crippen molar-refractivity contribution >= 4 is 17.6 Å². The van der Waals surface area contributed by atoms with Gasteiger partial charge in [0.25, 0.3) is 5.91 Å². The summed E-state index contributed by atoms with van der Waals surface area (Å²) in [4.78, 5) is 30.4. The summed E-state index contributed by atoms with van der Waals surface area (Å²) in [6.07, 6.45) is 14.7. The monoisotopic (exact) mass is 498 g/mol. The minimum Gasteiger partial charge on any atom is -0.480 e. The van der Waals surface area contributed by atoms with Crippen LogP contribution in [0, 0.1) is 40.9 Å². The van der Waals surface area contributed by atoms with Crippen LogP contribution in [0.3, 0.4) is 0 Å². The molecule has 3 saturated carbocycles. The Morgan fingerprint density at radius 3 is 2.67 bits per heavy atom. The summed E-state index contributed by atoms with van der Waals surface area (Å²) < 4.78 is 0. The molecule has 0 aromatic heterocycles. The predicted molar refractivity (Wildman–Crippen MR) is 133 cm³/mol. The van der Waals surface area contributed by atoms with Crippen molar-refractivity contribution < 1.29 is 29.7 Å². The van der Waals surface area contributed by atoms with Crippen LogP contribution in [0.5, 0.6) is 0 Å². The van der Waals surface area contributed by atoms with Crippen LogP contribution in [0.15, 0.2) is 16.8 Å². The molecule has 0 aromatic carbocycles. The molecule has 5 aliphatic rings. The molecular weight excluding hydrogens is 460 g/mol. The minimum atomic E-state index is -1.12. The first kappa shape index (κ1) is 25.3. The summed E-state index contributed by atoms with van der Waals surface area (Å²) in [7, 11) is 0. The number of carboxylic acid groups (broad SMARTS) is 1. The number of hydrogen-bond acceptors (Lipinski definition) is 6. The van der Waals surface area contributed by atoms with Gasteiger partial charge in [0, 0.05) is 18.4 Å². The van der Waals surface area contributed by atoms with E-state index in [0.717, 1.165) is 55.6 Å². The molecule has 8 heteroatoms. The van der Waals surface area contributed by atoms with Gasteiger partial charge in [0.1, 0.15) is 11.6 Å². The predicted octanol–water partition coefficient (Wildman–Crippen LogP) is 2.73. The van der Waals surface area contributed by atoms with E-state index in [9.17, 15) is 24.9 Å². The number of likely N-dealkylation sites (tertiary alicyclic amines) is 1. The molecule has 8 atom stereocenters. The van der Waals surface area contributed by atoms with Crippen molar-refractivity contribution in [3.8, 4) is 12.3 Å². The molecule has 0 bridgehead atoms. The van der Waals surface area contributed by atoms with Crippen molar-refractivity contribution in [1.82, 2.24) is 4.90 Å². The Labute approximate surface area is 212 Å². The van der Waals surface area contributed by atoms with Crippen molar-refractivity contribution in [2.75, 3.05) is 13.2 Å². The van der Waals surface area contributed by atoms with Gasteiger partial charge in [0.2, 0.25) is 0 Å². The maximum atomic E-state index is 12.5. The molecule has 1 heterocycles. The van der Waals surface area contributed by atoms with E-state index in [2.05, 4.69) is 31.0 Å². The van der Waals surface area contributed by atoms with Crippen molar-refractivity contribution in [2.45, 2.75) is 89.4 Å². The first-order valence-electron chi connectivity index (χ1n) is 13.3. The Morgan fingerprint density at radius 2 is 1.94 bits per heavy atom. The summed E-state index contributed by atoms with van der Waals surface area (Å²) in [6.45, 7) is 4.25. The fourth-order valence-electron chi connectivity index (χ4n) is 8.47. The number of terminal acetylenes is 1. The van der Waals surface area contributed by atoms with Crippen molar-refractivity contribution in [3.05, 3.63) is 11.6 Å². The average Bonchev–Trinajstić information content (AvgIpc) is 3.37. The average molecular weight is 499 g/mol. The van der Waals surface area contributed by atoms with Gasteiger partial charge in [-0.3, -0.25) is 4.79 Å². The van der Waals surface area contributed by atoms with Gasteiger partial charge >= 0.3 is 5.97 Å². The first-order valence-corrected chi connectivity index (χ1v) is 13.3. The van der Waals surface area contributed by atoms with Crippen LogP contribution in [-0.4, -0.2) is 68.7 Å². The number of carbonyl (C=O) groups is 2. The van der Waals surface area contributed by atoms with E-state index in [1.165, 1.54) is 5.57 Å². The van der Waals surface area contributed by atoms with E-state index >= 15 is 0 Å². The second kappa shape index (κ2) is 8.88. The number of carboxylic acids is 1. The molecule has 1 saturated heterocycles. The van der Waals surface area contributed by atoms with Crippen molar-refractivity contribution in [2.24, 2.45) is 33.7 Å². The van der Waals surface area contributed by atoms with E-state index < -0.39 is 29.6 Å². The zero-order valence-electron chi connectivity index (χ0n) is 21.3. The van der Waals surface area contributed by atoms with Crippen LogP contribution < -0.4 is 0 Å². The standard InChI is InChI=1S/C28H38N2O6/c1-4-28(35)12-9-22-20-6-5-17-13-18(7-10-26(17,2)21(20)8-11-27(22,28)3)29-36-16-24(32)30-15-19(31)14-23(30)25(33)34/h1,13,19-23,31,35H,5-12,14-16H2,2-3H3,(H,33,34)/b29-18+/t19-,20-,21+,22-,23+,26+,27+,28-/m1/s1. The summed E-state index contributed by atoms with van der Waals surface area (Å²) in [5.74, 6) is 2.73. The number of allylic oxidation sites excluding steroid dienone is 2. The highest BCUT2D eigenvalue weighted by Gasteiger charge is 2.63. The molecule has 4 aliphatic carbocycles. The third-order valence-corrected chi connectivity index (χ3v) is 10.6. The van der Waals surface area contributed by atoms with E-state index in [-0.39, 0.29) is 30.4 Å². The quantitative estimate of drug-likeness (QED) is 0.405. The first-order chi connectivity index (χ1) is 17.0. The number of fused-ring (bicyclic) bond motifs is 5. The SMILES string of the molecule is C#C[C@@]1(O)CC[C@@H]2[C@@H]3CCC4=C/C(=N/OCC(=O)N5C[C@H](O)C[C@H]5C(=O)O)CC[C@]4(C)[C@H]3CC[C@@]21C. The zero-order chi connectivity index (χ0) is 25.9. The number of carbonyl (C=O) groups excluding carboxylic acids is 1. The maximum absolute atomic E-state index is 12.5. The minimum absolute atomic E-state index is 0.000520. The van der Waals surface area contributed by atoms with E-state index in [0.29, 0.717) is 24.2 Å². The highest BCUT2D eigenvalue weighted by molar-refractivity contribution is 5.96.